The maximum absolute atomic E-state index is 13.1. The minimum absolute atomic E-state index is 0.107. The SMILES string of the molecule is Cc1cc(-c2csc(CCO)n2)ccc1F. The number of rotatable bonds is 3. The topological polar surface area (TPSA) is 33.1 Å². The highest BCUT2D eigenvalue weighted by Crippen LogP contribution is 2.23. The molecule has 2 aromatic rings. The Hall–Kier alpha value is -1.26. The van der Waals surface area contributed by atoms with E-state index in [0.29, 0.717) is 12.0 Å². The Morgan fingerprint density at radius 3 is 2.94 bits per heavy atom. The van der Waals surface area contributed by atoms with E-state index >= 15 is 0 Å². The number of hydrogen-bond donors (Lipinski definition) is 1. The maximum atomic E-state index is 13.1. The molecule has 16 heavy (non-hydrogen) atoms. The number of nitrogens with zero attached hydrogens (tertiary/aromatic N) is 1. The normalized spacial score (nSPS) is 10.7. The number of aryl methyl sites for hydroxylation is 1. The molecule has 0 fully saturated rings. The monoisotopic (exact) mass is 237 g/mol. The van der Waals surface area contributed by atoms with E-state index in [9.17, 15) is 4.39 Å². The second-order valence-electron chi connectivity index (χ2n) is 3.56. The minimum Gasteiger partial charge on any atom is -0.396 e. The van der Waals surface area contributed by atoms with Crippen LogP contribution in [0.3, 0.4) is 0 Å². The molecule has 84 valence electrons. The molecule has 1 aromatic heterocycles. The molecule has 2 rings (SSSR count). The summed E-state index contributed by atoms with van der Waals surface area (Å²) in [5.41, 5.74) is 2.38. The standard InChI is InChI=1S/C12H12FNOS/c1-8-6-9(2-3-10(8)13)11-7-16-12(14-11)4-5-15/h2-3,6-7,15H,4-5H2,1H3. The third-order valence-electron chi connectivity index (χ3n) is 2.33. The van der Waals surface area contributed by atoms with Gasteiger partial charge in [0, 0.05) is 24.0 Å². The van der Waals surface area contributed by atoms with Gasteiger partial charge in [-0.3, -0.25) is 0 Å². The highest BCUT2D eigenvalue weighted by atomic mass is 32.1. The second kappa shape index (κ2) is 4.72. The van der Waals surface area contributed by atoms with Crippen molar-refractivity contribution in [3.8, 4) is 11.3 Å². The van der Waals surface area contributed by atoms with Gasteiger partial charge in [-0.25, -0.2) is 9.37 Å². The van der Waals surface area contributed by atoms with Crippen molar-refractivity contribution >= 4 is 11.3 Å². The van der Waals surface area contributed by atoms with Crippen LogP contribution in [0.1, 0.15) is 10.6 Å². The summed E-state index contributed by atoms with van der Waals surface area (Å²) in [7, 11) is 0. The van der Waals surface area contributed by atoms with Gasteiger partial charge >= 0.3 is 0 Å². The van der Waals surface area contributed by atoms with E-state index < -0.39 is 0 Å². The predicted octanol–water partition coefficient (Wildman–Crippen LogP) is 2.79. The molecular weight excluding hydrogens is 225 g/mol. The molecule has 0 saturated carbocycles. The summed E-state index contributed by atoms with van der Waals surface area (Å²) in [6.45, 7) is 1.84. The van der Waals surface area contributed by atoms with E-state index in [1.807, 2.05) is 5.38 Å². The Morgan fingerprint density at radius 1 is 1.44 bits per heavy atom. The highest BCUT2D eigenvalue weighted by molar-refractivity contribution is 7.09. The fourth-order valence-corrected chi connectivity index (χ4v) is 2.25. The van der Waals surface area contributed by atoms with Gasteiger partial charge in [-0.05, 0) is 30.7 Å². The third kappa shape index (κ3) is 2.28. The summed E-state index contributed by atoms with van der Waals surface area (Å²) < 4.78 is 13.1. The van der Waals surface area contributed by atoms with Crippen LogP contribution < -0.4 is 0 Å². The zero-order valence-corrected chi connectivity index (χ0v) is 9.72. The van der Waals surface area contributed by atoms with Crippen LogP contribution in [0.5, 0.6) is 0 Å². The molecule has 1 N–H and O–H groups in total. The molecular formula is C12H12FNOS. The van der Waals surface area contributed by atoms with Crippen molar-refractivity contribution in [3.05, 3.63) is 40.0 Å². The Balaban J connectivity index is 2.31. The van der Waals surface area contributed by atoms with Crippen LogP contribution in [0.4, 0.5) is 4.39 Å². The highest BCUT2D eigenvalue weighted by Gasteiger charge is 2.06. The van der Waals surface area contributed by atoms with Crippen LogP contribution in [-0.4, -0.2) is 16.7 Å². The van der Waals surface area contributed by atoms with E-state index in [4.69, 9.17) is 5.11 Å². The quantitative estimate of drug-likeness (QED) is 0.890. The predicted molar refractivity (Wildman–Crippen MR) is 63.0 cm³/mol. The molecule has 0 aliphatic heterocycles. The largest absolute Gasteiger partial charge is 0.396 e. The number of halogens is 1. The third-order valence-corrected chi connectivity index (χ3v) is 3.24. The first-order valence-corrected chi connectivity index (χ1v) is 5.90. The fraction of sp³-hybridized carbons (Fsp3) is 0.250. The van der Waals surface area contributed by atoms with Crippen LogP contribution >= 0.6 is 11.3 Å². The smallest absolute Gasteiger partial charge is 0.126 e. The van der Waals surface area contributed by atoms with E-state index in [0.717, 1.165) is 16.3 Å². The first kappa shape index (κ1) is 11.2. The summed E-state index contributed by atoms with van der Waals surface area (Å²) in [6.07, 6.45) is 0.574. The zero-order valence-electron chi connectivity index (χ0n) is 8.90. The van der Waals surface area contributed by atoms with Gasteiger partial charge in [0.1, 0.15) is 5.82 Å². The van der Waals surface area contributed by atoms with Gasteiger partial charge in [0.15, 0.2) is 0 Å². The van der Waals surface area contributed by atoms with E-state index in [1.165, 1.54) is 17.4 Å². The molecule has 0 saturated heterocycles. The minimum atomic E-state index is -0.199. The van der Waals surface area contributed by atoms with Gasteiger partial charge in [-0.1, -0.05) is 0 Å². The first-order valence-electron chi connectivity index (χ1n) is 5.02. The fourth-order valence-electron chi connectivity index (χ4n) is 1.46. The molecule has 0 atom stereocenters. The van der Waals surface area contributed by atoms with Crippen molar-refractivity contribution in [1.29, 1.82) is 0 Å². The average Bonchev–Trinajstić information content (AvgIpc) is 2.71. The van der Waals surface area contributed by atoms with Crippen molar-refractivity contribution in [1.82, 2.24) is 4.98 Å². The second-order valence-corrected chi connectivity index (χ2v) is 4.51. The van der Waals surface area contributed by atoms with Crippen LogP contribution in [0.2, 0.25) is 0 Å². The molecule has 0 aliphatic rings. The lowest BCUT2D eigenvalue weighted by Gasteiger charge is -1.99. The molecule has 0 radical (unpaired) electrons. The Labute approximate surface area is 97.4 Å². The first-order chi connectivity index (χ1) is 7.70. The summed E-state index contributed by atoms with van der Waals surface area (Å²) in [6, 6.07) is 4.96. The number of thiazole rings is 1. The molecule has 1 heterocycles. The van der Waals surface area contributed by atoms with Gasteiger partial charge in [-0.15, -0.1) is 11.3 Å². The van der Waals surface area contributed by atoms with Crippen molar-refractivity contribution < 1.29 is 9.50 Å². The number of hydrogen-bond acceptors (Lipinski definition) is 3. The molecule has 0 unspecified atom stereocenters. The van der Waals surface area contributed by atoms with E-state index in [2.05, 4.69) is 4.98 Å². The maximum Gasteiger partial charge on any atom is 0.126 e. The van der Waals surface area contributed by atoms with Crippen LogP contribution in [0.25, 0.3) is 11.3 Å². The average molecular weight is 237 g/mol. The molecule has 0 aliphatic carbocycles. The lowest BCUT2D eigenvalue weighted by molar-refractivity contribution is 0.299. The number of aliphatic hydroxyl groups excluding tert-OH is 1. The van der Waals surface area contributed by atoms with Gasteiger partial charge in [0.05, 0.1) is 10.7 Å². The Bertz CT molecular complexity index is 496. The number of aliphatic hydroxyl groups is 1. The van der Waals surface area contributed by atoms with Gasteiger partial charge in [0.2, 0.25) is 0 Å². The van der Waals surface area contributed by atoms with E-state index in [-0.39, 0.29) is 12.4 Å². The number of benzene rings is 1. The molecule has 0 bridgehead atoms. The summed E-state index contributed by atoms with van der Waals surface area (Å²) in [5, 5.41) is 11.6. The molecule has 0 amide bonds. The van der Waals surface area contributed by atoms with Gasteiger partial charge in [0.25, 0.3) is 0 Å². The number of aromatic nitrogens is 1. The van der Waals surface area contributed by atoms with Crippen LogP contribution in [0.15, 0.2) is 23.6 Å². The van der Waals surface area contributed by atoms with Crippen molar-refractivity contribution in [2.24, 2.45) is 0 Å². The van der Waals surface area contributed by atoms with Crippen LogP contribution in [0, 0.1) is 12.7 Å². The van der Waals surface area contributed by atoms with E-state index in [1.54, 1.807) is 19.1 Å². The van der Waals surface area contributed by atoms with Crippen molar-refractivity contribution in [2.45, 2.75) is 13.3 Å². The van der Waals surface area contributed by atoms with Crippen molar-refractivity contribution in [3.63, 3.8) is 0 Å². The van der Waals surface area contributed by atoms with Crippen LogP contribution in [-0.2, 0) is 6.42 Å². The summed E-state index contributed by atoms with van der Waals surface area (Å²) in [5.74, 6) is -0.199. The van der Waals surface area contributed by atoms with Gasteiger partial charge in [-0.2, -0.15) is 0 Å². The van der Waals surface area contributed by atoms with Gasteiger partial charge < -0.3 is 5.11 Å². The molecule has 0 spiro atoms. The summed E-state index contributed by atoms with van der Waals surface area (Å²) >= 11 is 1.51. The Morgan fingerprint density at radius 2 is 2.25 bits per heavy atom. The molecule has 2 nitrogen and oxygen atoms in total. The zero-order chi connectivity index (χ0) is 11.5. The molecule has 1 aromatic carbocycles. The lowest BCUT2D eigenvalue weighted by atomic mass is 10.1. The van der Waals surface area contributed by atoms with Crippen molar-refractivity contribution in [2.75, 3.05) is 6.61 Å². The summed E-state index contributed by atoms with van der Waals surface area (Å²) in [4.78, 5) is 4.38. The molecule has 4 heteroatoms. The lowest BCUT2D eigenvalue weighted by Crippen LogP contribution is -1.89. The Kier molecular flexibility index (Phi) is 3.31.